The molecule has 0 aliphatic heterocycles. The molecule has 2 aromatic heterocycles. The lowest BCUT2D eigenvalue weighted by Gasteiger charge is -2.10. The van der Waals surface area contributed by atoms with Crippen LogP contribution in [0.15, 0.2) is 41.1 Å². The fourth-order valence-electron chi connectivity index (χ4n) is 2.92. The van der Waals surface area contributed by atoms with Gasteiger partial charge in [-0.25, -0.2) is 12.8 Å². The number of benzene rings is 1. The molecule has 0 fully saturated rings. The molecule has 1 aromatic carbocycles. The first-order chi connectivity index (χ1) is 14.7. The molecule has 0 saturated carbocycles. The average Bonchev–Trinajstić information content (AvgIpc) is 3.31. The van der Waals surface area contributed by atoms with E-state index in [0.717, 1.165) is 5.69 Å². The second-order valence-electron chi connectivity index (χ2n) is 6.52. The molecule has 3 aromatic rings. The van der Waals surface area contributed by atoms with Gasteiger partial charge in [0.15, 0.2) is 0 Å². The number of anilines is 1. The third kappa shape index (κ3) is 4.55. The van der Waals surface area contributed by atoms with E-state index < -0.39 is 21.6 Å². The monoisotopic (exact) mass is 459 g/mol. The summed E-state index contributed by atoms with van der Waals surface area (Å²) in [6, 6.07) is 9.87. The largest absolute Gasteiger partial charge is 0.315 e. The van der Waals surface area contributed by atoms with Crippen LogP contribution >= 0.6 is 11.5 Å². The second-order valence-corrected chi connectivity index (χ2v) is 9.45. The number of aromatic nitrogens is 3. The Bertz CT molecular complexity index is 1330. The van der Waals surface area contributed by atoms with E-state index in [1.165, 1.54) is 19.1 Å². The van der Waals surface area contributed by atoms with Gasteiger partial charge >= 0.3 is 0 Å². The Morgan fingerprint density at radius 2 is 2.06 bits per heavy atom. The predicted molar refractivity (Wildman–Crippen MR) is 115 cm³/mol. The number of hydrogen-bond acceptors (Lipinski definition) is 7. The van der Waals surface area contributed by atoms with Crippen molar-refractivity contribution in [3.63, 3.8) is 0 Å². The first-order valence-corrected chi connectivity index (χ1v) is 11.5. The van der Waals surface area contributed by atoms with Crippen LogP contribution in [-0.2, 0) is 14.6 Å². The summed E-state index contributed by atoms with van der Waals surface area (Å²) in [5.74, 6) is -1.32. The highest BCUT2D eigenvalue weighted by molar-refractivity contribution is 7.91. The van der Waals surface area contributed by atoms with E-state index in [1.807, 2.05) is 6.07 Å². The number of nitrogens with zero attached hydrogens (tertiary/aromatic N) is 4. The molecule has 11 heteroatoms. The van der Waals surface area contributed by atoms with Crippen molar-refractivity contribution in [1.82, 2.24) is 13.9 Å². The molecule has 0 unspecified atom stereocenters. The van der Waals surface area contributed by atoms with Crippen molar-refractivity contribution in [2.24, 2.45) is 0 Å². The molecule has 1 N–H and O–H groups in total. The predicted octanol–water partition coefficient (Wildman–Crippen LogP) is 3.42. The molecule has 0 aliphatic carbocycles. The summed E-state index contributed by atoms with van der Waals surface area (Å²) in [6.45, 7) is 5.01. The molecule has 1 amide bonds. The number of nitriles is 1. The lowest BCUT2D eigenvalue weighted by atomic mass is 10.1. The molecular weight excluding hydrogens is 441 g/mol. The molecule has 0 bridgehead atoms. The van der Waals surface area contributed by atoms with E-state index in [9.17, 15) is 22.9 Å². The molecule has 0 saturated heterocycles. The quantitative estimate of drug-likeness (QED) is 0.446. The highest BCUT2D eigenvalue weighted by Gasteiger charge is 2.20. The summed E-state index contributed by atoms with van der Waals surface area (Å²) in [5, 5.41) is 11.5. The van der Waals surface area contributed by atoms with E-state index in [0.29, 0.717) is 28.5 Å². The number of rotatable bonds is 6. The maximum Gasteiger partial charge on any atom is 0.268 e. The highest BCUT2D eigenvalue weighted by Crippen LogP contribution is 2.25. The molecule has 0 radical (unpaired) electrons. The van der Waals surface area contributed by atoms with Gasteiger partial charge in [0, 0.05) is 22.9 Å². The number of para-hydroxylation sites is 1. The molecule has 31 heavy (non-hydrogen) atoms. The number of amides is 1. The zero-order valence-electron chi connectivity index (χ0n) is 16.9. The highest BCUT2D eigenvalue weighted by atomic mass is 32.2. The van der Waals surface area contributed by atoms with Crippen LogP contribution in [-0.4, -0.2) is 34.0 Å². The summed E-state index contributed by atoms with van der Waals surface area (Å²) >= 11 is 0.708. The van der Waals surface area contributed by atoms with Crippen LogP contribution in [0.4, 0.5) is 9.52 Å². The summed E-state index contributed by atoms with van der Waals surface area (Å²) in [5.41, 5.74) is 2.09. The Morgan fingerprint density at radius 1 is 1.35 bits per heavy atom. The molecule has 160 valence electrons. The summed E-state index contributed by atoms with van der Waals surface area (Å²) in [6.07, 6.45) is 1.39. The van der Waals surface area contributed by atoms with Crippen molar-refractivity contribution < 1.29 is 17.6 Å². The number of carbonyl (C=O) groups excluding carboxylic acids is 1. The first kappa shape index (κ1) is 22.3. The lowest BCUT2D eigenvalue weighted by molar-refractivity contribution is -0.112. The van der Waals surface area contributed by atoms with Gasteiger partial charge < -0.3 is 4.57 Å². The molecule has 8 nitrogen and oxygen atoms in total. The van der Waals surface area contributed by atoms with Crippen molar-refractivity contribution in [3.8, 4) is 11.8 Å². The maximum atomic E-state index is 14.2. The zero-order chi connectivity index (χ0) is 22.8. The van der Waals surface area contributed by atoms with Crippen LogP contribution in [0.2, 0.25) is 0 Å². The van der Waals surface area contributed by atoms with Gasteiger partial charge in [-0.05, 0) is 43.7 Å². The number of nitrogens with one attached hydrogen (secondary N) is 1. The minimum Gasteiger partial charge on any atom is -0.315 e. The van der Waals surface area contributed by atoms with Crippen molar-refractivity contribution >= 4 is 38.5 Å². The molecule has 0 spiro atoms. The van der Waals surface area contributed by atoms with Crippen LogP contribution in [0.3, 0.4) is 0 Å². The average molecular weight is 460 g/mol. The van der Waals surface area contributed by atoms with Gasteiger partial charge in [0.1, 0.15) is 17.5 Å². The smallest absolute Gasteiger partial charge is 0.268 e. The Morgan fingerprint density at radius 3 is 2.71 bits per heavy atom. The Kier molecular flexibility index (Phi) is 6.33. The number of aryl methyl sites for hydroxylation is 1. The van der Waals surface area contributed by atoms with Gasteiger partial charge in [-0.1, -0.05) is 19.1 Å². The number of carbonyl (C=O) groups is 1. The van der Waals surface area contributed by atoms with Crippen molar-refractivity contribution in [3.05, 3.63) is 58.7 Å². The SMILES string of the molecule is CCS(=O)(=O)c1nsc(NC(=O)/C(C#N)=C\c2cc(C)n(-c3ccccc3F)c2C)n1. The number of hydrogen-bond donors (Lipinski definition) is 1. The van der Waals surface area contributed by atoms with Gasteiger partial charge in [0.05, 0.1) is 11.4 Å². The molecule has 2 heterocycles. The van der Waals surface area contributed by atoms with Gasteiger partial charge in [-0.3, -0.25) is 10.1 Å². The third-order valence-electron chi connectivity index (χ3n) is 4.51. The molecule has 3 rings (SSSR count). The second kappa shape index (κ2) is 8.79. The minimum absolute atomic E-state index is 0.0324. The van der Waals surface area contributed by atoms with E-state index >= 15 is 0 Å². The molecule has 0 atom stereocenters. The Hall–Kier alpha value is -3.36. The first-order valence-electron chi connectivity index (χ1n) is 9.11. The van der Waals surface area contributed by atoms with Crippen LogP contribution in [0.5, 0.6) is 0 Å². The third-order valence-corrected chi connectivity index (χ3v) is 6.76. The lowest BCUT2D eigenvalue weighted by Crippen LogP contribution is -2.14. The van der Waals surface area contributed by atoms with E-state index in [1.54, 1.807) is 42.7 Å². The van der Waals surface area contributed by atoms with Crippen molar-refractivity contribution in [2.75, 3.05) is 11.1 Å². The van der Waals surface area contributed by atoms with Gasteiger partial charge in [0.2, 0.25) is 15.0 Å². The van der Waals surface area contributed by atoms with Crippen LogP contribution < -0.4 is 5.32 Å². The van der Waals surface area contributed by atoms with Gasteiger partial charge in [0.25, 0.3) is 11.1 Å². The number of halogens is 1. The van der Waals surface area contributed by atoms with E-state index in [4.69, 9.17) is 0 Å². The van der Waals surface area contributed by atoms with Gasteiger partial charge in [-0.15, -0.1) is 0 Å². The van der Waals surface area contributed by atoms with Crippen LogP contribution in [0.1, 0.15) is 23.9 Å². The summed E-state index contributed by atoms with van der Waals surface area (Å²) in [7, 11) is -3.60. The van der Waals surface area contributed by atoms with Crippen LogP contribution in [0.25, 0.3) is 11.8 Å². The molecular formula is C20H18FN5O3S2. The molecule has 0 aliphatic rings. The van der Waals surface area contributed by atoms with Gasteiger partial charge in [-0.2, -0.15) is 14.6 Å². The van der Waals surface area contributed by atoms with Crippen LogP contribution in [0, 0.1) is 31.0 Å². The van der Waals surface area contributed by atoms with E-state index in [2.05, 4.69) is 14.7 Å². The number of sulfone groups is 1. The van der Waals surface area contributed by atoms with Crippen molar-refractivity contribution in [1.29, 1.82) is 5.26 Å². The summed E-state index contributed by atoms with van der Waals surface area (Å²) in [4.78, 5) is 16.3. The zero-order valence-corrected chi connectivity index (χ0v) is 18.5. The van der Waals surface area contributed by atoms with Crippen molar-refractivity contribution in [2.45, 2.75) is 25.9 Å². The Labute approximate surface area is 182 Å². The summed E-state index contributed by atoms with van der Waals surface area (Å²) < 4.78 is 43.3. The fraction of sp³-hybridized carbons (Fsp3) is 0.200. The maximum absolute atomic E-state index is 14.2. The Balaban J connectivity index is 1.91. The fourth-order valence-corrected chi connectivity index (χ4v) is 4.51. The normalized spacial score (nSPS) is 11.9. The topological polar surface area (TPSA) is 118 Å². The van der Waals surface area contributed by atoms with E-state index in [-0.39, 0.29) is 21.6 Å². The standard InChI is InChI=1S/C20H18FN5O3S2/c1-4-31(28,29)20-24-19(30-25-20)23-18(27)15(11-22)10-14-9-12(2)26(13(14)3)17-8-6-5-7-16(17)21/h5-10H,4H2,1-3H3,(H,23,24,25,27)/b15-10-. The minimum atomic E-state index is -3.60.